The average molecular weight is 454 g/mol. The van der Waals surface area contributed by atoms with Crippen molar-refractivity contribution in [1.29, 1.82) is 0 Å². The summed E-state index contributed by atoms with van der Waals surface area (Å²) in [4.78, 5) is 16.8. The molecule has 8 heteroatoms. The molecule has 0 radical (unpaired) electrons. The Labute approximate surface area is 188 Å². The van der Waals surface area contributed by atoms with Crippen LogP contribution in [0.15, 0.2) is 65.1 Å². The van der Waals surface area contributed by atoms with Crippen LogP contribution < -0.4 is 10.6 Å². The Kier molecular flexibility index (Phi) is 5.97. The van der Waals surface area contributed by atoms with Crippen molar-refractivity contribution >= 4 is 51.6 Å². The van der Waals surface area contributed by atoms with Crippen LogP contribution in [-0.4, -0.2) is 16.0 Å². The minimum absolute atomic E-state index is 0.0201. The number of nitrogens with one attached hydrogen (secondary N) is 2. The number of anilines is 1. The summed E-state index contributed by atoms with van der Waals surface area (Å²) in [5.74, 6) is -0.896. The van der Waals surface area contributed by atoms with E-state index in [1.807, 2.05) is 18.2 Å². The molecule has 0 fully saturated rings. The number of carbonyl (C=O) groups is 1. The number of hydrogen-bond acceptors (Lipinski definition) is 4. The van der Waals surface area contributed by atoms with E-state index in [2.05, 4.69) is 22.5 Å². The van der Waals surface area contributed by atoms with E-state index < -0.39 is 11.7 Å². The Morgan fingerprint density at radius 2 is 1.97 bits per heavy atom. The lowest BCUT2D eigenvalue weighted by Gasteiger charge is -2.11. The van der Waals surface area contributed by atoms with Crippen LogP contribution in [0.1, 0.15) is 22.8 Å². The second-order valence-corrected chi connectivity index (χ2v) is 7.57. The zero-order valence-electron chi connectivity index (χ0n) is 16.4. The SMILES string of the molecule is CCc1ccc2oc(-c3cc(NC(=S)NC(=O)c4ccccc4F)ccc3Cl)nc2c1. The van der Waals surface area contributed by atoms with E-state index in [1.54, 1.807) is 24.3 Å². The molecule has 0 aliphatic carbocycles. The third-order valence-corrected chi connectivity index (χ3v) is 5.19. The number of benzene rings is 3. The first-order valence-electron chi connectivity index (χ1n) is 9.51. The predicted molar refractivity (Wildman–Crippen MR) is 124 cm³/mol. The van der Waals surface area contributed by atoms with Crippen LogP contribution >= 0.6 is 23.8 Å². The first kappa shape index (κ1) is 21.0. The first-order valence-corrected chi connectivity index (χ1v) is 10.3. The molecule has 0 aliphatic rings. The quantitative estimate of drug-likeness (QED) is 0.372. The van der Waals surface area contributed by atoms with Crippen molar-refractivity contribution in [2.75, 3.05) is 5.32 Å². The molecular formula is C23H17ClFN3O2S. The minimum atomic E-state index is -0.643. The molecule has 4 aromatic rings. The highest BCUT2D eigenvalue weighted by Gasteiger charge is 2.15. The predicted octanol–water partition coefficient (Wildman–Crippen LogP) is 5.98. The van der Waals surface area contributed by atoms with Crippen LogP contribution in [0.5, 0.6) is 0 Å². The summed E-state index contributed by atoms with van der Waals surface area (Å²) in [6.45, 7) is 2.07. The molecule has 1 amide bonds. The van der Waals surface area contributed by atoms with Gasteiger partial charge < -0.3 is 9.73 Å². The van der Waals surface area contributed by atoms with Gasteiger partial charge in [0.1, 0.15) is 11.3 Å². The van der Waals surface area contributed by atoms with Crippen molar-refractivity contribution in [2.24, 2.45) is 0 Å². The van der Waals surface area contributed by atoms with Crippen LogP contribution in [0.25, 0.3) is 22.6 Å². The van der Waals surface area contributed by atoms with E-state index in [1.165, 1.54) is 18.2 Å². The lowest BCUT2D eigenvalue weighted by Crippen LogP contribution is -2.34. The Hall–Kier alpha value is -3.29. The van der Waals surface area contributed by atoms with E-state index >= 15 is 0 Å². The molecule has 0 aliphatic heterocycles. The third kappa shape index (κ3) is 4.57. The number of aryl methyl sites for hydroxylation is 1. The molecule has 0 spiro atoms. The van der Waals surface area contributed by atoms with Gasteiger partial charge in [-0.3, -0.25) is 10.1 Å². The van der Waals surface area contributed by atoms with Gasteiger partial charge in [0.25, 0.3) is 5.91 Å². The summed E-state index contributed by atoms with van der Waals surface area (Å²) in [7, 11) is 0. The summed E-state index contributed by atoms with van der Waals surface area (Å²) in [6.07, 6.45) is 0.897. The Balaban J connectivity index is 1.54. The topological polar surface area (TPSA) is 67.2 Å². The molecule has 31 heavy (non-hydrogen) atoms. The molecule has 3 aromatic carbocycles. The number of thiocarbonyl (C=S) groups is 1. The van der Waals surface area contributed by atoms with Crippen LogP contribution in [0.3, 0.4) is 0 Å². The molecule has 0 saturated heterocycles. The van der Waals surface area contributed by atoms with E-state index in [0.29, 0.717) is 27.7 Å². The molecule has 4 rings (SSSR count). The van der Waals surface area contributed by atoms with Gasteiger partial charge in [-0.25, -0.2) is 9.37 Å². The van der Waals surface area contributed by atoms with Crippen LogP contribution in [0.2, 0.25) is 5.02 Å². The number of aromatic nitrogens is 1. The van der Waals surface area contributed by atoms with Crippen molar-refractivity contribution in [3.8, 4) is 11.5 Å². The van der Waals surface area contributed by atoms with Gasteiger partial charge in [-0.1, -0.05) is 36.7 Å². The van der Waals surface area contributed by atoms with Gasteiger partial charge in [0.15, 0.2) is 10.7 Å². The summed E-state index contributed by atoms with van der Waals surface area (Å²) >= 11 is 11.6. The van der Waals surface area contributed by atoms with Gasteiger partial charge >= 0.3 is 0 Å². The largest absolute Gasteiger partial charge is 0.436 e. The van der Waals surface area contributed by atoms with Gasteiger partial charge in [0.2, 0.25) is 5.89 Å². The Morgan fingerprint density at radius 1 is 1.16 bits per heavy atom. The van der Waals surface area contributed by atoms with Gasteiger partial charge in [0, 0.05) is 5.69 Å². The zero-order chi connectivity index (χ0) is 22.0. The first-order chi connectivity index (χ1) is 14.9. The smallest absolute Gasteiger partial charge is 0.260 e. The van der Waals surface area contributed by atoms with Crippen molar-refractivity contribution in [3.05, 3.63) is 82.6 Å². The maximum atomic E-state index is 13.8. The number of hydrogen-bond donors (Lipinski definition) is 2. The van der Waals surface area contributed by atoms with Crippen molar-refractivity contribution < 1.29 is 13.6 Å². The monoisotopic (exact) mass is 453 g/mol. The summed E-state index contributed by atoms with van der Waals surface area (Å²) < 4.78 is 19.6. The lowest BCUT2D eigenvalue weighted by atomic mass is 10.1. The fraction of sp³-hybridized carbons (Fsp3) is 0.0870. The number of amides is 1. The number of nitrogens with zero attached hydrogens (tertiary/aromatic N) is 1. The highest BCUT2D eigenvalue weighted by molar-refractivity contribution is 7.80. The second-order valence-electron chi connectivity index (χ2n) is 6.76. The minimum Gasteiger partial charge on any atom is -0.436 e. The summed E-state index contributed by atoms with van der Waals surface area (Å²) in [6, 6.07) is 16.6. The van der Waals surface area contributed by atoms with E-state index in [4.69, 9.17) is 28.2 Å². The van der Waals surface area contributed by atoms with E-state index in [0.717, 1.165) is 17.5 Å². The number of fused-ring (bicyclic) bond motifs is 1. The number of carbonyl (C=O) groups excluding carboxylic acids is 1. The van der Waals surface area contributed by atoms with Gasteiger partial charge in [-0.15, -0.1) is 0 Å². The van der Waals surface area contributed by atoms with Crippen molar-refractivity contribution in [2.45, 2.75) is 13.3 Å². The van der Waals surface area contributed by atoms with E-state index in [9.17, 15) is 9.18 Å². The fourth-order valence-electron chi connectivity index (χ4n) is 3.05. The number of oxazole rings is 1. The maximum absolute atomic E-state index is 13.8. The van der Waals surface area contributed by atoms with Gasteiger partial charge in [0.05, 0.1) is 16.1 Å². The van der Waals surface area contributed by atoms with E-state index in [-0.39, 0.29) is 10.7 Å². The molecule has 1 heterocycles. The molecular weight excluding hydrogens is 437 g/mol. The number of halogens is 2. The zero-order valence-corrected chi connectivity index (χ0v) is 18.0. The van der Waals surface area contributed by atoms with Gasteiger partial charge in [-0.05, 0) is 66.7 Å². The van der Waals surface area contributed by atoms with Crippen molar-refractivity contribution in [1.82, 2.24) is 10.3 Å². The molecule has 0 bridgehead atoms. The molecule has 0 atom stereocenters. The van der Waals surface area contributed by atoms with Crippen molar-refractivity contribution in [3.63, 3.8) is 0 Å². The fourth-order valence-corrected chi connectivity index (χ4v) is 3.46. The van der Waals surface area contributed by atoms with Crippen LogP contribution in [-0.2, 0) is 6.42 Å². The molecule has 0 saturated carbocycles. The highest BCUT2D eigenvalue weighted by atomic mass is 35.5. The highest BCUT2D eigenvalue weighted by Crippen LogP contribution is 2.32. The molecule has 5 nitrogen and oxygen atoms in total. The Bertz CT molecular complexity index is 1310. The molecule has 156 valence electrons. The standard InChI is InChI=1S/C23H17ClFN3O2S/c1-2-13-7-10-20-19(11-13)27-22(30-20)16-12-14(8-9-17(16)24)26-23(31)28-21(29)15-5-3-4-6-18(15)25/h3-12H,2H2,1H3,(H2,26,28,29,31). The summed E-state index contributed by atoms with van der Waals surface area (Å²) in [5, 5.41) is 5.84. The molecule has 2 N–H and O–H groups in total. The lowest BCUT2D eigenvalue weighted by molar-refractivity contribution is 0.0974. The molecule has 1 aromatic heterocycles. The second kappa shape index (κ2) is 8.83. The normalized spacial score (nSPS) is 10.8. The molecule has 0 unspecified atom stereocenters. The van der Waals surface area contributed by atoms with Crippen LogP contribution in [0, 0.1) is 5.82 Å². The number of rotatable bonds is 4. The van der Waals surface area contributed by atoms with Crippen LogP contribution in [0.4, 0.5) is 10.1 Å². The summed E-state index contributed by atoms with van der Waals surface area (Å²) in [5.41, 5.74) is 3.61. The third-order valence-electron chi connectivity index (χ3n) is 4.66. The Morgan fingerprint density at radius 3 is 2.74 bits per heavy atom. The van der Waals surface area contributed by atoms with Gasteiger partial charge in [-0.2, -0.15) is 0 Å². The average Bonchev–Trinajstić information content (AvgIpc) is 3.18. The maximum Gasteiger partial charge on any atom is 0.260 e.